The van der Waals surface area contributed by atoms with E-state index in [1.54, 1.807) is 34.5 Å². The summed E-state index contributed by atoms with van der Waals surface area (Å²) in [6.07, 6.45) is 10.2. The van der Waals surface area contributed by atoms with Crippen molar-refractivity contribution in [3.8, 4) is 17.3 Å². The molecule has 182 valence electrons. The molecule has 1 aliphatic heterocycles. The van der Waals surface area contributed by atoms with Crippen LogP contribution in [0.2, 0.25) is 0 Å². The summed E-state index contributed by atoms with van der Waals surface area (Å²) in [4.78, 5) is 12.8. The van der Waals surface area contributed by atoms with Gasteiger partial charge in [-0.15, -0.1) is 6.58 Å². The van der Waals surface area contributed by atoms with Crippen LogP contribution in [-0.4, -0.2) is 4.40 Å². The molecular formula is C28H26F2N4O2+2. The van der Waals surface area contributed by atoms with Gasteiger partial charge in [0.2, 0.25) is 5.69 Å². The Morgan fingerprint density at radius 2 is 2.08 bits per heavy atom. The van der Waals surface area contributed by atoms with E-state index in [0.29, 0.717) is 23.3 Å². The van der Waals surface area contributed by atoms with E-state index in [4.69, 9.17) is 4.42 Å². The van der Waals surface area contributed by atoms with Crippen molar-refractivity contribution in [1.29, 1.82) is 5.26 Å². The van der Waals surface area contributed by atoms with Crippen LogP contribution in [0.4, 0.5) is 8.78 Å². The number of rotatable bonds is 5. The Labute approximate surface area is 206 Å². The van der Waals surface area contributed by atoms with Gasteiger partial charge in [-0.1, -0.05) is 13.0 Å². The second-order valence-electron chi connectivity index (χ2n) is 9.35. The van der Waals surface area contributed by atoms with Crippen LogP contribution < -0.4 is 20.3 Å². The minimum atomic E-state index is -0.955. The molecule has 4 heterocycles. The molecule has 0 bridgehead atoms. The summed E-state index contributed by atoms with van der Waals surface area (Å²) in [5.41, 5.74) is 0.919. The van der Waals surface area contributed by atoms with E-state index in [0.717, 1.165) is 24.8 Å². The summed E-state index contributed by atoms with van der Waals surface area (Å²) < 4.78 is 41.9. The second-order valence-corrected chi connectivity index (χ2v) is 9.35. The average molecular weight is 489 g/mol. The van der Waals surface area contributed by atoms with Gasteiger partial charge in [0.25, 0.3) is 0 Å². The number of unbranched alkanes of at least 4 members (excludes halogenated alkanes) is 1. The van der Waals surface area contributed by atoms with Crippen molar-refractivity contribution in [2.75, 3.05) is 0 Å². The molecule has 3 aromatic heterocycles. The maximum absolute atomic E-state index is 15.9. The average Bonchev–Trinajstić information content (AvgIpc) is 3.39. The largest absolute Gasteiger partial charge is 0.430 e. The fourth-order valence-electron chi connectivity index (χ4n) is 5.28. The van der Waals surface area contributed by atoms with Crippen LogP contribution in [0.25, 0.3) is 22.5 Å². The van der Waals surface area contributed by atoms with Crippen LogP contribution in [0, 0.1) is 23.0 Å². The number of nitrogens with zero attached hydrogens (tertiary/aromatic N) is 4. The lowest BCUT2D eigenvalue weighted by molar-refractivity contribution is -0.737. The van der Waals surface area contributed by atoms with Crippen molar-refractivity contribution >= 4 is 11.2 Å². The Balaban J connectivity index is 1.95. The number of fused-ring (bicyclic) bond motifs is 4. The van der Waals surface area contributed by atoms with Crippen LogP contribution in [0.3, 0.4) is 0 Å². The number of allylic oxidation sites excluding steroid dienone is 1. The second kappa shape index (κ2) is 8.52. The molecule has 0 amide bonds. The molecule has 1 aliphatic rings. The van der Waals surface area contributed by atoms with E-state index in [2.05, 4.69) is 6.58 Å². The minimum absolute atomic E-state index is 0.118. The zero-order chi connectivity index (χ0) is 25.8. The number of benzene rings is 1. The smallest absolute Gasteiger partial charge is 0.379 e. The number of pyridine rings is 1. The van der Waals surface area contributed by atoms with E-state index in [9.17, 15) is 10.1 Å². The van der Waals surface area contributed by atoms with Gasteiger partial charge in [0.1, 0.15) is 35.4 Å². The molecule has 0 saturated carbocycles. The van der Waals surface area contributed by atoms with Crippen LogP contribution in [0.15, 0.2) is 58.7 Å². The van der Waals surface area contributed by atoms with Gasteiger partial charge in [-0.2, -0.15) is 14.2 Å². The number of nitriles is 1. The summed E-state index contributed by atoms with van der Waals surface area (Å²) in [5.74, 6) is -1.88. The molecule has 1 aromatic carbocycles. The molecule has 5 rings (SSSR count). The zero-order valence-electron chi connectivity index (χ0n) is 20.4. The molecule has 0 spiro atoms. The van der Waals surface area contributed by atoms with Crippen LogP contribution in [0.5, 0.6) is 0 Å². The Kier molecular flexibility index (Phi) is 5.59. The lowest BCUT2D eigenvalue weighted by Crippen LogP contribution is -2.59. The van der Waals surface area contributed by atoms with Crippen molar-refractivity contribution in [2.24, 2.45) is 7.05 Å². The number of aryl methyl sites for hydroxylation is 2. The Bertz CT molecular complexity index is 1710. The maximum Gasteiger partial charge on any atom is 0.430 e. The highest BCUT2D eigenvalue weighted by Crippen LogP contribution is 2.43. The number of hydrogen-bond acceptors (Lipinski definition) is 3. The van der Waals surface area contributed by atoms with Gasteiger partial charge in [-0.25, -0.2) is 18.1 Å². The molecule has 1 unspecified atom stereocenters. The first-order valence-corrected chi connectivity index (χ1v) is 11.9. The molecule has 4 aromatic rings. The first-order chi connectivity index (χ1) is 17.3. The number of hydrogen-bond donors (Lipinski definition) is 0. The molecule has 36 heavy (non-hydrogen) atoms. The number of halogens is 2. The lowest BCUT2D eigenvalue weighted by Gasteiger charge is -2.32. The molecule has 0 aliphatic carbocycles. The predicted octanol–water partition coefficient (Wildman–Crippen LogP) is 3.39. The highest BCUT2D eigenvalue weighted by Gasteiger charge is 2.50. The van der Waals surface area contributed by atoms with Crippen LogP contribution in [-0.2, 0) is 19.0 Å². The third kappa shape index (κ3) is 3.23. The fraction of sp³-hybridized carbons (Fsp3) is 0.286. The van der Waals surface area contributed by atoms with Gasteiger partial charge in [0.15, 0.2) is 17.6 Å². The Morgan fingerprint density at radius 1 is 1.31 bits per heavy atom. The highest BCUT2D eigenvalue weighted by molar-refractivity contribution is 5.84. The molecule has 0 radical (unpaired) electrons. The van der Waals surface area contributed by atoms with E-state index < -0.39 is 28.4 Å². The third-order valence-electron chi connectivity index (χ3n) is 7.31. The van der Waals surface area contributed by atoms with Gasteiger partial charge in [-0.3, -0.25) is 0 Å². The fourth-order valence-corrected chi connectivity index (χ4v) is 5.28. The summed E-state index contributed by atoms with van der Waals surface area (Å²) in [7, 11) is 1.73. The number of imidazole rings is 1. The van der Waals surface area contributed by atoms with Crippen molar-refractivity contribution < 1.29 is 22.3 Å². The van der Waals surface area contributed by atoms with Gasteiger partial charge < -0.3 is 4.42 Å². The normalized spacial score (nSPS) is 18.1. The molecule has 0 fully saturated rings. The zero-order valence-corrected chi connectivity index (χ0v) is 20.4. The Hall–Kier alpha value is -4.12. The molecule has 8 heteroatoms. The number of aromatic nitrogens is 3. The molecule has 0 N–H and O–H groups in total. The molecule has 0 saturated heterocycles. The predicted molar refractivity (Wildman–Crippen MR) is 129 cm³/mol. The topological polar surface area (TPSA) is 66.2 Å². The van der Waals surface area contributed by atoms with Gasteiger partial charge in [0.05, 0.1) is 12.6 Å². The SMILES string of the molecule is C=CCCCc1cc[n+]2c(c1)-c1c(cc(F)c(C#N)c1F)C(=c1oc(=O)c3n1cc[n+]3C)C2(C)CC. The highest BCUT2D eigenvalue weighted by atomic mass is 19.1. The van der Waals surface area contributed by atoms with Gasteiger partial charge >= 0.3 is 16.8 Å². The van der Waals surface area contributed by atoms with E-state index in [1.807, 2.05) is 42.8 Å². The van der Waals surface area contributed by atoms with E-state index in [-0.39, 0.29) is 16.7 Å². The first kappa shape index (κ1) is 23.6. The van der Waals surface area contributed by atoms with Crippen molar-refractivity contribution in [1.82, 2.24) is 4.40 Å². The quantitative estimate of drug-likeness (QED) is 0.246. The van der Waals surface area contributed by atoms with E-state index >= 15 is 8.78 Å². The summed E-state index contributed by atoms with van der Waals surface area (Å²) in [6.45, 7) is 7.70. The standard InChI is InChI=1S/C28H26F2N4O2/c1-5-7-8-9-17-10-11-34-21(14-17)22-18(15-20(29)19(16-31)24(22)30)23(28(34,3)6-2)26-33-13-12-32(4)25(33)27(35)36-26/h5,10-15H,1,6-9H2,2-4H3/q+2. The summed E-state index contributed by atoms with van der Waals surface area (Å²) >= 11 is 0. The van der Waals surface area contributed by atoms with Gasteiger partial charge in [-0.05, 0) is 30.9 Å². The Morgan fingerprint density at radius 3 is 2.78 bits per heavy atom. The van der Waals surface area contributed by atoms with Crippen LogP contribution >= 0.6 is 0 Å². The monoisotopic (exact) mass is 488 g/mol. The minimum Gasteiger partial charge on any atom is -0.379 e. The lowest BCUT2D eigenvalue weighted by atomic mass is 9.77. The van der Waals surface area contributed by atoms with Gasteiger partial charge in [0, 0.05) is 31.0 Å². The molecule has 1 atom stereocenters. The molecular weight excluding hydrogens is 462 g/mol. The maximum atomic E-state index is 15.9. The van der Waals surface area contributed by atoms with Crippen molar-refractivity contribution in [3.63, 3.8) is 0 Å². The van der Waals surface area contributed by atoms with Crippen molar-refractivity contribution in [2.45, 2.75) is 45.1 Å². The third-order valence-corrected chi connectivity index (χ3v) is 7.31. The van der Waals surface area contributed by atoms with Crippen LogP contribution in [0.1, 0.15) is 49.8 Å². The molecule has 6 nitrogen and oxygen atoms in total. The number of oxazole rings is 1. The summed E-state index contributed by atoms with van der Waals surface area (Å²) in [5, 5.41) is 9.51. The first-order valence-electron chi connectivity index (χ1n) is 11.9. The summed E-state index contributed by atoms with van der Waals surface area (Å²) in [6, 6.07) is 6.75. The van der Waals surface area contributed by atoms with Crippen molar-refractivity contribution in [3.05, 3.63) is 93.7 Å². The van der Waals surface area contributed by atoms with E-state index in [1.165, 1.54) is 6.07 Å².